The fourth-order valence-corrected chi connectivity index (χ4v) is 2.76. The molecule has 0 saturated heterocycles. The second-order valence-electron chi connectivity index (χ2n) is 4.87. The Morgan fingerprint density at radius 1 is 1.18 bits per heavy atom. The number of anilines is 1. The summed E-state index contributed by atoms with van der Waals surface area (Å²) in [7, 11) is 0. The summed E-state index contributed by atoms with van der Waals surface area (Å²) < 4.78 is -1.69. The van der Waals surface area contributed by atoms with Gasteiger partial charge in [-0.3, -0.25) is 4.79 Å². The number of benzene rings is 1. The molecule has 7 heteroatoms. The van der Waals surface area contributed by atoms with Crippen LogP contribution < -0.4 is 10.6 Å². The molecule has 0 aliphatic heterocycles. The van der Waals surface area contributed by atoms with E-state index in [1.54, 1.807) is 12.1 Å². The van der Waals surface area contributed by atoms with E-state index in [4.69, 9.17) is 34.8 Å². The molecule has 0 spiro atoms. The van der Waals surface area contributed by atoms with Gasteiger partial charge in [-0.15, -0.1) is 11.3 Å². The maximum Gasteiger partial charge on any atom is 0.263 e. The van der Waals surface area contributed by atoms with Crippen LogP contribution in [0.5, 0.6) is 0 Å². The number of carbonyl (C=O) groups excluding carboxylic acids is 1. The summed E-state index contributed by atoms with van der Waals surface area (Å²) in [6.45, 7) is 4.01. The van der Waals surface area contributed by atoms with Crippen LogP contribution in [0.3, 0.4) is 0 Å². The highest BCUT2D eigenvalue weighted by Crippen LogP contribution is 2.31. The SMILES string of the molecule is Cc1ccc(N[C@@H](NC(=O)c2cccs2)C(Cl)(Cl)Cl)cc1C. The average Bonchev–Trinajstić information content (AvgIpc) is 2.95. The molecule has 0 saturated carbocycles. The van der Waals surface area contributed by atoms with Gasteiger partial charge in [-0.05, 0) is 48.6 Å². The molecule has 0 aliphatic carbocycles. The van der Waals surface area contributed by atoms with Crippen molar-refractivity contribution in [3.8, 4) is 0 Å². The van der Waals surface area contributed by atoms with E-state index in [2.05, 4.69) is 10.6 Å². The van der Waals surface area contributed by atoms with E-state index in [1.165, 1.54) is 16.9 Å². The fourth-order valence-electron chi connectivity index (χ4n) is 1.81. The third-order valence-corrected chi connectivity index (χ3v) is 4.69. The molecular weight excluding hydrogens is 363 g/mol. The van der Waals surface area contributed by atoms with Crippen LogP contribution in [0.25, 0.3) is 0 Å². The first-order valence-electron chi connectivity index (χ1n) is 6.52. The molecule has 0 radical (unpaired) electrons. The zero-order valence-electron chi connectivity index (χ0n) is 12.0. The monoisotopic (exact) mass is 376 g/mol. The second kappa shape index (κ2) is 7.09. The lowest BCUT2D eigenvalue weighted by molar-refractivity contribution is 0.0946. The van der Waals surface area contributed by atoms with Gasteiger partial charge in [0.05, 0.1) is 4.88 Å². The summed E-state index contributed by atoms with van der Waals surface area (Å²) in [5.74, 6) is -0.289. The number of thiophene rings is 1. The summed E-state index contributed by atoms with van der Waals surface area (Å²) in [5.41, 5.74) is 3.04. The van der Waals surface area contributed by atoms with Gasteiger partial charge < -0.3 is 10.6 Å². The van der Waals surface area contributed by atoms with Crippen LogP contribution in [-0.2, 0) is 0 Å². The van der Waals surface area contributed by atoms with E-state index in [9.17, 15) is 4.79 Å². The Labute approximate surface area is 148 Å². The number of carbonyl (C=O) groups is 1. The molecule has 3 nitrogen and oxygen atoms in total. The van der Waals surface area contributed by atoms with Crippen molar-refractivity contribution in [3.63, 3.8) is 0 Å². The van der Waals surface area contributed by atoms with Gasteiger partial charge in [0.2, 0.25) is 3.79 Å². The molecule has 1 aromatic heterocycles. The van der Waals surface area contributed by atoms with Crippen LogP contribution in [0.1, 0.15) is 20.8 Å². The molecular formula is C15H15Cl3N2OS. The summed E-state index contributed by atoms with van der Waals surface area (Å²) in [4.78, 5) is 12.7. The number of amides is 1. The standard InChI is InChI=1S/C15H15Cl3N2OS/c1-9-5-6-11(8-10(9)2)19-14(15(16,17)18)20-13(21)12-4-3-7-22-12/h3-8,14,19H,1-2H3,(H,20,21)/t14-/m0/s1. The minimum Gasteiger partial charge on any atom is -0.362 e. The van der Waals surface area contributed by atoms with Crippen LogP contribution in [0.15, 0.2) is 35.7 Å². The van der Waals surface area contributed by atoms with E-state index in [1.807, 2.05) is 37.4 Å². The van der Waals surface area contributed by atoms with E-state index >= 15 is 0 Å². The van der Waals surface area contributed by atoms with Crippen molar-refractivity contribution in [2.24, 2.45) is 0 Å². The average molecular weight is 378 g/mol. The summed E-state index contributed by atoms with van der Waals surface area (Å²) in [6.07, 6.45) is -0.853. The van der Waals surface area contributed by atoms with Crippen LogP contribution in [0, 0.1) is 13.8 Å². The Balaban J connectivity index is 2.16. The first-order chi connectivity index (χ1) is 10.3. The van der Waals surface area contributed by atoms with Gasteiger partial charge in [0.15, 0.2) is 0 Å². The number of hydrogen-bond acceptors (Lipinski definition) is 3. The largest absolute Gasteiger partial charge is 0.362 e. The molecule has 2 aromatic rings. The zero-order chi connectivity index (χ0) is 16.3. The van der Waals surface area contributed by atoms with Crippen molar-refractivity contribution >= 4 is 57.7 Å². The van der Waals surface area contributed by atoms with Crippen LogP contribution in [0.4, 0.5) is 5.69 Å². The fraction of sp³-hybridized carbons (Fsp3) is 0.267. The molecule has 118 valence electrons. The van der Waals surface area contributed by atoms with Crippen molar-refractivity contribution in [2.75, 3.05) is 5.32 Å². The van der Waals surface area contributed by atoms with Crippen molar-refractivity contribution in [1.82, 2.24) is 5.32 Å². The molecule has 2 rings (SSSR count). The predicted molar refractivity (Wildman–Crippen MR) is 95.4 cm³/mol. The van der Waals surface area contributed by atoms with Crippen molar-refractivity contribution in [3.05, 3.63) is 51.7 Å². The van der Waals surface area contributed by atoms with Crippen LogP contribution in [-0.4, -0.2) is 15.9 Å². The lowest BCUT2D eigenvalue weighted by atomic mass is 10.1. The molecule has 0 bridgehead atoms. The van der Waals surface area contributed by atoms with Gasteiger partial charge >= 0.3 is 0 Å². The number of hydrogen-bond donors (Lipinski definition) is 2. The number of halogens is 3. The Hall–Kier alpha value is -0.940. The van der Waals surface area contributed by atoms with Crippen LogP contribution in [0.2, 0.25) is 0 Å². The van der Waals surface area contributed by atoms with Gasteiger partial charge in [-0.2, -0.15) is 0 Å². The highest BCUT2D eigenvalue weighted by Gasteiger charge is 2.34. The van der Waals surface area contributed by atoms with E-state index in [0.717, 1.165) is 11.3 Å². The predicted octanol–water partition coefficient (Wildman–Crippen LogP) is 4.90. The number of rotatable bonds is 4. The Kier molecular flexibility index (Phi) is 5.61. The highest BCUT2D eigenvalue weighted by atomic mass is 35.6. The molecule has 1 heterocycles. The number of nitrogens with one attached hydrogen (secondary N) is 2. The molecule has 0 aliphatic rings. The van der Waals surface area contributed by atoms with Crippen molar-refractivity contribution < 1.29 is 4.79 Å². The van der Waals surface area contributed by atoms with Crippen LogP contribution >= 0.6 is 46.1 Å². The Morgan fingerprint density at radius 2 is 1.91 bits per heavy atom. The van der Waals surface area contributed by atoms with Gasteiger partial charge in [0.1, 0.15) is 6.17 Å². The molecule has 1 aromatic carbocycles. The summed E-state index contributed by atoms with van der Waals surface area (Å²) in [6, 6.07) is 9.29. The van der Waals surface area contributed by atoms with Gasteiger partial charge in [-0.1, -0.05) is 46.9 Å². The smallest absolute Gasteiger partial charge is 0.263 e. The highest BCUT2D eigenvalue weighted by molar-refractivity contribution is 7.12. The summed E-state index contributed by atoms with van der Waals surface area (Å²) >= 11 is 19.3. The van der Waals surface area contributed by atoms with Gasteiger partial charge in [0, 0.05) is 5.69 Å². The lowest BCUT2D eigenvalue weighted by Gasteiger charge is -2.27. The zero-order valence-corrected chi connectivity index (χ0v) is 15.1. The maximum atomic E-state index is 12.2. The topological polar surface area (TPSA) is 41.1 Å². The number of alkyl halides is 3. The van der Waals surface area contributed by atoms with Gasteiger partial charge in [-0.25, -0.2) is 0 Å². The molecule has 2 N–H and O–H groups in total. The molecule has 22 heavy (non-hydrogen) atoms. The third-order valence-electron chi connectivity index (χ3n) is 3.17. The van der Waals surface area contributed by atoms with E-state index < -0.39 is 9.96 Å². The molecule has 0 fully saturated rings. The number of aryl methyl sites for hydroxylation is 2. The molecule has 1 amide bonds. The van der Waals surface area contributed by atoms with E-state index in [0.29, 0.717) is 4.88 Å². The second-order valence-corrected chi connectivity index (χ2v) is 8.19. The Bertz CT molecular complexity index is 653. The minimum absolute atomic E-state index is 0.289. The van der Waals surface area contributed by atoms with Crippen molar-refractivity contribution in [1.29, 1.82) is 0 Å². The van der Waals surface area contributed by atoms with Crippen molar-refractivity contribution in [2.45, 2.75) is 23.8 Å². The quantitative estimate of drug-likeness (QED) is 0.587. The normalized spacial score (nSPS) is 12.8. The first-order valence-corrected chi connectivity index (χ1v) is 8.53. The third kappa shape index (κ3) is 4.53. The molecule has 0 unspecified atom stereocenters. The summed E-state index contributed by atoms with van der Waals surface area (Å²) in [5, 5.41) is 7.58. The maximum absolute atomic E-state index is 12.2. The van der Waals surface area contributed by atoms with Gasteiger partial charge in [0.25, 0.3) is 5.91 Å². The minimum atomic E-state index is -1.69. The molecule has 1 atom stereocenters. The lowest BCUT2D eigenvalue weighted by Crippen LogP contribution is -2.49. The Morgan fingerprint density at radius 3 is 2.45 bits per heavy atom. The van der Waals surface area contributed by atoms with E-state index in [-0.39, 0.29) is 5.91 Å². The first kappa shape index (κ1) is 17.4.